The highest BCUT2D eigenvalue weighted by molar-refractivity contribution is 7.14. The molecule has 4 N–H and O–H groups in total. The van der Waals surface area contributed by atoms with Crippen LogP contribution in [-0.4, -0.2) is 21.9 Å². The Labute approximate surface area is 118 Å². The predicted molar refractivity (Wildman–Crippen MR) is 75.2 cm³/mol. The summed E-state index contributed by atoms with van der Waals surface area (Å²) < 4.78 is 0. The van der Waals surface area contributed by atoms with Gasteiger partial charge in [-0.15, -0.1) is 11.3 Å². The molecule has 7 nitrogen and oxygen atoms in total. The van der Waals surface area contributed by atoms with Crippen molar-refractivity contribution < 1.29 is 15.5 Å². The van der Waals surface area contributed by atoms with Gasteiger partial charge in [0.05, 0.1) is 10.6 Å². The molecule has 1 aromatic carbocycles. The van der Waals surface area contributed by atoms with Crippen LogP contribution in [0, 0.1) is 10.1 Å². The number of aromatic nitrogens is 1. The van der Waals surface area contributed by atoms with E-state index < -0.39 is 4.92 Å². The first-order chi connectivity index (χ1) is 9.47. The summed E-state index contributed by atoms with van der Waals surface area (Å²) in [4.78, 5) is 25.9. The van der Waals surface area contributed by atoms with E-state index in [9.17, 15) is 14.9 Å². The maximum atomic E-state index is 11.5. The molecule has 0 spiro atoms. The number of nitro groups is 1. The van der Waals surface area contributed by atoms with Crippen LogP contribution in [0.2, 0.25) is 0 Å². The molecule has 0 aliphatic rings. The second-order valence-corrected chi connectivity index (χ2v) is 5.09. The summed E-state index contributed by atoms with van der Waals surface area (Å²) in [5, 5.41) is 15.5. The fourth-order valence-electron chi connectivity index (χ4n) is 1.45. The summed E-state index contributed by atoms with van der Waals surface area (Å²) >= 11 is 1.30. The number of hydrogen-bond donors (Lipinski definition) is 2. The van der Waals surface area contributed by atoms with Gasteiger partial charge in [-0.05, 0) is 19.1 Å². The highest BCUT2D eigenvalue weighted by Crippen LogP contribution is 2.26. The number of non-ortho nitro benzene ring substituents is 1. The van der Waals surface area contributed by atoms with Crippen molar-refractivity contribution >= 4 is 28.1 Å². The maximum Gasteiger partial charge on any atom is 0.283 e. The average molecular weight is 293 g/mol. The van der Waals surface area contributed by atoms with Crippen molar-refractivity contribution in [3.8, 4) is 11.3 Å². The van der Waals surface area contributed by atoms with Crippen LogP contribution >= 0.6 is 11.3 Å². The number of benzene rings is 1. The number of amides is 1. The molecule has 2 rings (SSSR count). The Morgan fingerprint density at radius 1 is 1.45 bits per heavy atom. The van der Waals surface area contributed by atoms with Gasteiger partial charge in [0.25, 0.3) is 11.6 Å². The van der Waals surface area contributed by atoms with Crippen molar-refractivity contribution in [2.45, 2.75) is 13.0 Å². The fourth-order valence-corrected chi connectivity index (χ4v) is 2.17. The lowest BCUT2D eigenvalue weighted by molar-refractivity contribution is -0.396. The summed E-state index contributed by atoms with van der Waals surface area (Å²) in [6.45, 7) is 1.69. The number of nitro benzene ring substituents is 1. The molecule has 104 valence electrons. The van der Waals surface area contributed by atoms with Crippen LogP contribution in [0.4, 0.5) is 10.8 Å². The Balaban J connectivity index is 2.16. The third-order valence-corrected chi connectivity index (χ3v) is 3.31. The first-order valence-corrected chi connectivity index (χ1v) is 6.69. The van der Waals surface area contributed by atoms with Gasteiger partial charge < -0.3 is 5.73 Å². The van der Waals surface area contributed by atoms with E-state index in [2.05, 4.69) is 16.0 Å². The van der Waals surface area contributed by atoms with E-state index in [1.807, 2.05) is 0 Å². The van der Waals surface area contributed by atoms with E-state index in [-0.39, 0.29) is 17.6 Å². The summed E-state index contributed by atoms with van der Waals surface area (Å²) in [5.74, 6) is -0.199. The number of anilines is 1. The molecule has 1 aromatic heterocycles. The molecule has 0 radical (unpaired) electrons. The normalized spacial score (nSPS) is 11.9. The lowest BCUT2D eigenvalue weighted by atomic mass is 10.1. The van der Waals surface area contributed by atoms with Crippen LogP contribution in [0.25, 0.3) is 11.3 Å². The zero-order chi connectivity index (χ0) is 14.7. The summed E-state index contributed by atoms with van der Waals surface area (Å²) in [7, 11) is 0. The van der Waals surface area contributed by atoms with Crippen LogP contribution in [-0.2, 0) is 4.79 Å². The highest BCUT2D eigenvalue weighted by Gasteiger charge is 2.14. The second kappa shape index (κ2) is 5.76. The average Bonchev–Trinajstić information content (AvgIpc) is 2.87. The first-order valence-electron chi connectivity index (χ1n) is 5.81. The molecule has 0 saturated carbocycles. The number of quaternary nitrogens is 1. The van der Waals surface area contributed by atoms with Gasteiger partial charge in [-0.25, -0.2) is 4.98 Å². The number of nitrogens with one attached hydrogen (secondary N) is 1. The van der Waals surface area contributed by atoms with Crippen LogP contribution in [0.5, 0.6) is 0 Å². The Morgan fingerprint density at radius 2 is 2.10 bits per heavy atom. The Morgan fingerprint density at radius 3 is 2.65 bits per heavy atom. The number of nitrogens with zero attached hydrogens (tertiary/aromatic N) is 2. The van der Waals surface area contributed by atoms with Crippen LogP contribution in [0.3, 0.4) is 0 Å². The minimum atomic E-state index is -0.452. The summed E-state index contributed by atoms with van der Waals surface area (Å²) in [5.41, 5.74) is 5.08. The van der Waals surface area contributed by atoms with Gasteiger partial charge in [0.1, 0.15) is 0 Å². The van der Waals surface area contributed by atoms with E-state index in [0.717, 1.165) is 5.56 Å². The highest BCUT2D eigenvalue weighted by atomic mass is 32.1. The topological polar surface area (TPSA) is 113 Å². The van der Waals surface area contributed by atoms with Crippen molar-refractivity contribution in [3.05, 3.63) is 39.8 Å². The molecule has 0 aliphatic heterocycles. The van der Waals surface area contributed by atoms with Crippen LogP contribution < -0.4 is 11.1 Å². The Bertz CT molecular complexity index is 636. The minimum Gasteiger partial charge on any atom is -0.348 e. The SMILES string of the molecule is CC([NH3+])C(=O)Nc1nc(-c2ccc([N+](=O)[O-])cc2)cs1. The Hall–Kier alpha value is -2.32. The number of rotatable bonds is 4. The summed E-state index contributed by atoms with van der Waals surface area (Å²) in [6, 6.07) is 5.74. The standard InChI is InChI=1S/C12H12N4O3S/c1-7(13)11(17)15-12-14-10(6-20-12)8-2-4-9(5-3-8)16(18)19/h2-7H,13H2,1H3,(H,14,15,17)/p+1. The zero-order valence-electron chi connectivity index (χ0n) is 10.7. The molecular weight excluding hydrogens is 280 g/mol. The molecule has 20 heavy (non-hydrogen) atoms. The zero-order valence-corrected chi connectivity index (χ0v) is 11.5. The van der Waals surface area contributed by atoms with Gasteiger partial charge in [-0.2, -0.15) is 0 Å². The molecule has 0 aliphatic carbocycles. The van der Waals surface area contributed by atoms with E-state index in [4.69, 9.17) is 0 Å². The quantitative estimate of drug-likeness (QED) is 0.653. The number of thiazole rings is 1. The van der Waals surface area contributed by atoms with Crippen molar-refractivity contribution in [1.29, 1.82) is 0 Å². The van der Waals surface area contributed by atoms with Crippen LogP contribution in [0.15, 0.2) is 29.6 Å². The molecule has 2 aromatic rings. The molecule has 1 unspecified atom stereocenters. The van der Waals surface area contributed by atoms with Crippen molar-refractivity contribution in [1.82, 2.24) is 4.98 Å². The van der Waals surface area contributed by atoms with Gasteiger partial charge in [-0.1, -0.05) is 0 Å². The number of carbonyl (C=O) groups is 1. The van der Waals surface area contributed by atoms with Gasteiger partial charge in [-0.3, -0.25) is 20.2 Å². The second-order valence-electron chi connectivity index (χ2n) is 4.23. The molecule has 1 heterocycles. The van der Waals surface area contributed by atoms with Crippen molar-refractivity contribution in [2.24, 2.45) is 0 Å². The molecule has 8 heteroatoms. The molecule has 1 amide bonds. The molecule has 0 bridgehead atoms. The molecular formula is C12H13N4O3S+. The molecule has 0 saturated heterocycles. The van der Waals surface area contributed by atoms with Gasteiger partial charge >= 0.3 is 0 Å². The summed E-state index contributed by atoms with van der Waals surface area (Å²) in [6.07, 6.45) is 0. The third-order valence-electron chi connectivity index (χ3n) is 2.56. The lowest BCUT2D eigenvalue weighted by Gasteiger charge is -2.01. The monoisotopic (exact) mass is 293 g/mol. The van der Waals surface area contributed by atoms with E-state index in [1.54, 1.807) is 24.4 Å². The smallest absolute Gasteiger partial charge is 0.283 e. The molecule has 1 atom stereocenters. The van der Waals surface area contributed by atoms with Gasteiger partial charge in [0, 0.05) is 23.1 Å². The maximum absolute atomic E-state index is 11.5. The van der Waals surface area contributed by atoms with Crippen molar-refractivity contribution in [3.63, 3.8) is 0 Å². The Kier molecular flexibility index (Phi) is 4.06. The first kappa shape index (κ1) is 14.1. The molecule has 0 fully saturated rings. The number of carbonyl (C=O) groups excluding carboxylic acids is 1. The van der Waals surface area contributed by atoms with Gasteiger partial charge in [0.2, 0.25) is 0 Å². The van der Waals surface area contributed by atoms with Crippen molar-refractivity contribution in [2.75, 3.05) is 5.32 Å². The van der Waals surface area contributed by atoms with E-state index in [1.165, 1.54) is 23.5 Å². The van der Waals surface area contributed by atoms with E-state index >= 15 is 0 Å². The minimum absolute atomic E-state index is 0.0309. The lowest BCUT2D eigenvalue weighted by Crippen LogP contribution is -2.64. The number of hydrogen-bond acceptors (Lipinski definition) is 5. The van der Waals surface area contributed by atoms with Gasteiger partial charge in [0.15, 0.2) is 11.2 Å². The predicted octanol–water partition coefficient (Wildman–Crippen LogP) is 1.29. The third kappa shape index (κ3) is 3.16. The van der Waals surface area contributed by atoms with E-state index in [0.29, 0.717) is 10.8 Å². The van der Waals surface area contributed by atoms with Crippen LogP contribution in [0.1, 0.15) is 6.92 Å². The largest absolute Gasteiger partial charge is 0.348 e. The fraction of sp³-hybridized carbons (Fsp3) is 0.167.